The van der Waals surface area contributed by atoms with Gasteiger partial charge >= 0.3 is 5.97 Å². The molecular formula is C19H19F2N3O3. The molecule has 0 aliphatic carbocycles. The number of carbonyl (C=O) groups is 2. The highest BCUT2D eigenvalue weighted by Crippen LogP contribution is 2.17. The lowest BCUT2D eigenvalue weighted by Crippen LogP contribution is -2.49. The first-order valence-corrected chi connectivity index (χ1v) is 8.44. The number of benzene rings is 2. The fourth-order valence-corrected chi connectivity index (χ4v) is 2.88. The summed E-state index contributed by atoms with van der Waals surface area (Å²) in [5, 5.41) is 0. The molecule has 1 amide bonds. The number of nitrogens with zero attached hydrogens (tertiary/aromatic N) is 2. The number of carbonyl (C=O) groups excluding carboxylic acids is 2. The molecule has 1 aliphatic rings. The predicted molar refractivity (Wildman–Crippen MR) is 96.3 cm³/mol. The molecule has 0 radical (unpaired) electrons. The highest BCUT2D eigenvalue weighted by Gasteiger charge is 2.23. The Morgan fingerprint density at radius 2 is 1.59 bits per heavy atom. The van der Waals surface area contributed by atoms with Crippen molar-refractivity contribution in [2.75, 3.05) is 43.4 Å². The van der Waals surface area contributed by atoms with Crippen LogP contribution in [0.4, 0.5) is 20.2 Å². The van der Waals surface area contributed by atoms with Crippen molar-refractivity contribution in [2.45, 2.75) is 0 Å². The summed E-state index contributed by atoms with van der Waals surface area (Å²) in [5.41, 5.74) is 6.45. The quantitative estimate of drug-likeness (QED) is 0.654. The van der Waals surface area contributed by atoms with Crippen LogP contribution < -0.4 is 10.6 Å². The maximum atomic E-state index is 13.0. The molecule has 2 aromatic carbocycles. The van der Waals surface area contributed by atoms with Crippen molar-refractivity contribution in [3.63, 3.8) is 0 Å². The second-order valence-corrected chi connectivity index (χ2v) is 6.15. The second kappa shape index (κ2) is 8.03. The highest BCUT2D eigenvalue weighted by atomic mass is 19.1. The van der Waals surface area contributed by atoms with Crippen molar-refractivity contribution in [3.05, 3.63) is 59.7 Å². The Morgan fingerprint density at radius 3 is 2.22 bits per heavy atom. The summed E-state index contributed by atoms with van der Waals surface area (Å²) in [4.78, 5) is 27.9. The maximum Gasteiger partial charge on any atom is 0.340 e. The van der Waals surface area contributed by atoms with Gasteiger partial charge in [0.2, 0.25) is 0 Å². The van der Waals surface area contributed by atoms with Gasteiger partial charge in [-0.1, -0.05) is 0 Å². The first-order chi connectivity index (χ1) is 12.9. The van der Waals surface area contributed by atoms with Gasteiger partial charge in [-0.05, 0) is 42.5 Å². The topological polar surface area (TPSA) is 75.9 Å². The Hall–Kier alpha value is -3.16. The van der Waals surface area contributed by atoms with Crippen LogP contribution in [0.5, 0.6) is 0 Å². The van der Waals surface area contributed by atoms with Crippen LogP contribution in [0.3, 0.4) is 0 Å². The van der Waals surface area contributed by atoms with E-state index in [4.69, 9.17) is 10.5 Å². The Labute approximate surface area is 155 Å². The standard InChI is InChI=1S/C19H19F2N3O3/c20-13-1-4-15(5-2-13)23-7-9-24(10-8-23)18(25)12-27-19(26)16-6-3-14(21)11-17(16)22/h1-6,11H,7-10,12,22H2. The van der Waals surface area contributed by atoms with E-state index in [9.17, 15) is 18.4 Å². The molecule has 6 nitrogen and oxygen atoms in total. The third kappa shape index (κ3) is 4.52. The lowest BCUT2D eigenvalue weighted by Gasteiger charge is -2.36. The number of halogens is 2. The highest BCUT2D eigenvalue weighted by molar-refractivity contribution is 5.96. The average Bonchev–Trinajstić information content (AvgIpc) is 2.66. The van der Waals surface area contributed by atoms with E-state index >= 15 is 0 Å². The van der Waals surface area contributed by atoms with Crippen molar-refractivity contribution in [1.29, 1.82) is 0 Å². The molecular weight excluding hydrogens is 356 g/mol. The van der Waals surface area contributed by atoms with Crippen LogP contribution in [0.1, 0.15) is 10.4 Å². The minimum atomic E-state index is -0.772. The Bertz CT molecular complexity index is 835. The smallest absolute Gasteiger partial charge is 0.340 e. The molecule has 1 aliphatic heterocycles. The molecule has 0 aromatic heterocycles. The lowest BCUT2D eigenvalue weighted by molar-refractivity contribution is -0.134. The fourth-order valence-electron chi connectivity index (χ4n) is 2.88. The van der Waals surface area contributed by atoms with Crippen LogP contribution in [-0.4, -0.2) is 49.6 Å². The minimum absolute atomic E-state index is 0.0188. The molecule has 1 heterocycles. The second-order valence-electron chi connectivity index (χ2n) is 6.15. The van der Waals surface area contributed by atoms with Crippen LogP contribution in [-0.2, 0) is 9.53 Å². The van der Waals surface area contributed by atoms with Crippen LogP contribution in [0.2, 0.25) is 0 Å². The Morgan fingerprint density at radius 1 is 0.963 bits per heavy atom. The molecule has 2 aromatic rings. The summed E-state index contributed by atoms with van der Waals surface area (Å²) in [6.07, 6.45) is 0. The van der Waals surface area contributed by atoms with Gasteiger partial charge in [-0.15, -0.1) is 0 Å². The number of nitrogens with two attached hydrogens (primary N) is 1. The summed E-state index contributed by atoms with van der Waals surface area (Å²) in [5.74, 6) is -1.94. The van der Waals surface area contributed by atoms with Gasteiger partial charge in [-0.3, -0.25) is 4.79 Å². The summed E-state index contributed by atoms with van der Waals surface area (Å²) in [7, 11) is 0. The number of esters is 1. The molecule has 0 bridgehead atoms. The van der Waals surface area contributed by atoms with Gasteiger partial charge in [0.1, 0.15) is 11.6 Å². The zero-order chi connectivity index (χ0) is 19.4. The van der Waals surface area contributed by atoms with Crippen LogP contribution in [0.15, 0.2) is 42.5 Å². The van der Waals surface area contributed by atoms with Crippen molar-refractivity contribution < 1.29 is 23.1 Å². The third-order valence-electron chi connectivity index (χ3n) is 4.38. The number of rotatable bonds is 4. The van der Waals surface area contributed by atoms with Crippen molar-refractivity contribution in [2.24, 2.45) is 0 Å². The summed E-state index contributed by atoms with van der Waals surface area (Å²) >= 11 is 0. The van der Waals surface area contributed by atoms with Gasteiger partial charge in [0.05, 0.1) is 5.56 Å². The van der Waals surface area contributed by atoms with Gasteiger partial charge in [-0.2, -0.15) is 0 Å². The van der Waals surface area contributed by atoms with E-state index in [0.29, 0.717) is 26.2 Å². The molecule has 1 saturated heterocycles. The van der Waals surface area contributed by atoms with Crippen LogP contribution in [0, 0.1) is 11.6 Å². The van der Waals surface area contributed by atoms with Crippen molar-refractivity contribution in [3.8, 4) is 0 Å². The zero-order valence-electron chi connectivity index (χ0n) is 14.5. The largest absolute Gasteiger partial charge is 0.452 e. The number of hydrogen-bond donors (Lipinski definition) is 1. The van der Waals surface area contributed by atoms with E-state index in [1.54, 1.807) is 17.0 Å². The molecule has 8 heteroatoms. The first kappa shape index (κ1) is 18.6. The zero-order valence-corrected chi connectivity index (χ0v) is 14.5. The van der Waals surface area contributed by atoms with E-state index in [1.807, 2.05) is 0 Å². The normalized spacial score (nSPS) is 14.1. The third-order valence-corrected chi connectivity index (χ3v) is 4.38. The minimum Gasteiger partial charge on any atom is -0.452 e. The molecule has 0 spiro atoms. The molecule has 2 N–H and O–H groups in total. The Kier molecular flexibility index (Phi) is 5.54. The molecule has 27 heavy (non-hydrogen) atoms. The number of amides is 1. The molecule has 0 atom stereocenters. The van der Waals surface area contributed by atoms with Gasteiger partial charge in [0.25, 0.3) is 5.91 Å². The maximum absolute atomic E-state index is 13.0. The van der Waals surface area contributed by atoms with Gasteiger partial charge < -0.3 is 20.3 Å². The summed E-state index contributed by atoms with van der Waals surface area (Å²) in [6.45, 7) is 1.71. The van der Waals surface area contributed by atoms with Crippen LogP contribution >= 0.6 is 0 Å². The molecule has 142 valence electrons. The monoisotopic (exact) mass is 375 g/mol. The number of hydrogen-bond acceptors (Lipinski definition) is 5. The SMILES string of the molecule is Nc1cc(F)ccc1C(=O)OCC(=O)N1CCN(c2ccc(F)cc2)CC1. The number of nitrogen functional groups attached to an aromatic ring is 1. The molecule has 1 fully saturated rings. The van der Waals surface area contributed by atoms with E-state index in [-0.39, 0.29) is 23.0 Å². The number of piperazine rings is 1. The van der Waals surface area contributed by atoms with E-state index in [2.05, 4.69) is 4.90 Å². The molecule has 0 saturated carbocycles. The lowest BCUT2D eigenvalue weighted by atomic mass is 10.2. The summed E-state index contributed by atoms with van der Waals surface area (Å²) in [6, 6.07) is 9.53. The first-order valence-electron chi connectivity index (χ1n) is 8.44. The fraction of sp³-hybridized carbons (Fsp3) is 0.263. The summed E-state index contributed by atoms with van der Waals surface area (Å²) < 4.78 is 31.0. The van der Waals surface area contributed by atoms with Gasteiger partial charge in [0, 0.05) is 37.6 Å². The van der Waals surface area contributed by atoms with E-state index in [0.717, 1.165) is 17.8 Å². The van der Waals surface area contributed by atoms with Crippen molar-refractivity contribution >= 4 is 23.3 Å². The molecule has 0 unspecified atom stereocenters. The van der Waals surface area contributed by atoms with E-state index in [1.165, 1.54) is 18.2 Å². The van der Waals surface area contributed by atoms with Crippen LogP contribution in [0.25, 0.3) is 0 Å². The number of ether oxygens (including phenoxy) is 1. The molecule has 3 rings (SSSR count). The van der Waals surface area contributed by atoms with E-state index < -0.39 is 18.4 Å². The average molecular weight is 375 g/mol. The Balaban J connectivity index is 1.49. The van der Waals surface area contributed by atoms with Gasteiger partial charge in [0.15, 0.2) is 6.61 Å². The van der Waals surface area contributed by atoms with Gasteiger partial charge in [-0.25, -0.2) is 13.6 Å². The van der Waals surface area contributed by atoms with Crippen molar-refractivity contribution in [1.82, 2.24) is 4.90 Å². The number of anilines is 2. The predicted octanol–water partition coefficient (Wildman–Crippen LogP) is 2.05.